The van der Waals surface area contributed by atoms with Crippen molar-refractivity contribution in [1.82, 2.24) is 0 Å². The number of ketones is 2. The van der Waals surface area contributed by atoms with Crippen LogP contribution in [0.4, 0.5) is 4.39 Å². The molecule has 0 spiro atoms. The second kappa shape index (κ2) is 18.0. The summed E-state index contributed by atoms with van der Waals surface area (Å²) in [6.45, 7) is 22.4. The molecule has 6 rings (SSSR count). The average molecular weight is 823 g/mol. The van der Waals surface area contributed by atoms with Crippen LogP contribution in [0.3, 0.4) is 0 Å². The standard InChI is InChI=1S/C29H50O2.C22H29FO5/c1-20(2)12-9-13-21(3)14-10-15-22(4)16-11-18-29(8)19-17-26-25(7)27(30)23(5)24(6)28(26)31-29;1-12-8-16-15-5-4-13-9-14(25)6-7-19(13,2)21(15,23)17(26)10-20(16,3)22(12,28)18(27)11-24/h20-22,30H,9-19H2,1-8H3;6-7,9,12,15-17,24,26,28H,4-5,8,10-11H2,1-3H3/t21-,22-,29-;12-,15-,16-,17-,19-,20-,21-,22-/m10/s1. The number of aromatic hydroxyl groups is 1. The Morgan fingerprint density at radius 3 is 2.14 bits per heavy atom. The summed E-state index contributed by atoms with van der Waals surface area (Å²) >= 11 is 0. The molecule has 0 aromatic heterocycles. The molecule has 3 saturated carbocycles. The van der Waals surface area contributed by atoms with E-state index in [0.29, 0.717) is 30.6 Å². The van der Waals surface area contributed by atoms with Crippen LogP contribution in [0, 0.1) is 67.1 Å². The summed E-state index contributed by atoms with van der Waals surface area (Å²) in [5.41, 5.74) is -0.941. The number of benzene rings is 1. The fourth-order valence-electron chi connectivity index (χ4n) is 12.5. The number of alkyl halides is 1. The molecular weight excluding hydrogens is 744 g/mol. The summed E-state index contributed by atoms with van der Waals surface area (Å²) in [7, 11) is 0. The number of phenolic OH excluding ortho intramolecular Hbond substituents is 1. The lowest BCUT2D eigenvalue weighted by molar-refractivity contribution is -0.219. The first-order valence-corrected chi connectivity index (χ1v) is 23.2. The summed E-state index contributed by atoms with van der Waals surface area (Å²) in [6, 6.07) is 0. The van der Waals surface area contributed by atoms with Gasteiger partial charge < -0.3 is 25.2 Å². The normalized spacial score (nSPS) is 35.7. The molecule has 1 aliphatic heterocycles. The second-order valence-electron chi connectivity index (χ2n) is 21.2. The highest BCUT2D eigenvalue weighted by Crippen LogP contribution is 2.70. The number of hydrogen-bond donors (Lipinski definition) is 4. The van der Waals surface area contributed by atoms with Crippen molar-refractivity contribution in [3.8, 4) is 11.5 Å². The molecule has 0 unspecified atom stereocenters. The number of halogens is 1. The Hall–Kier alpha value is -2.55. The predicted octanol–water partition coefficient (Wildman–Crippen LogP) is 10.7. The second-order valence-corrected chi connectivity index (χ2v) is 21.2. The number of allylic oxidation sites excluding steroid dienone is 4. The molecule has 59 heavy (non-hydrogen) atoms. The van der Waals surface area contributed by atoms with E-state index in [1.54, 1.807) is 26.8 Å². The number of aliphatic hydroxyl groups is 3. The van der Waals surface area contributed by atoms with E-state index in [1.165, 1.54) is 69.1 Å². The number of Topliss-reactive ketones (excluding diaryl/α,β-unsaturated/α-hetero) is 1. The van der Waals surface area contributed by atoms with Gasteiger partial charge in [-0.05, 0) is 144 Å². The third-order valence-corrected chi connectivity index (χ3v) is 16.7. The van der Waals surface area contributed by atoms with Gasteiger partial charge >= 0.3 is 0 Å². The van der Waals surface area contributed by atoms with Crippen molar-refractivity contribution in [2.75, 3.05) is 6.61 Å². The van der Waals surface area contributed by atoms with E-state index in [4.69, 9.17) is 4.74 Å². The summed E-state index contributed by atoms with van der Waals surface area (Å²) < 4.78 is 23.5. The number of carbonyl (C=O) groups is 2. The Labute approximate surface area is 355 Å². The van der Waals surface area contributed by atoms with Gasteiger partial charge in [0.15, 0.2) is 17.2 Å². The molecule has 332 valence electrons. The third-order valence-electron chi connectivity index (χ3n) is 16.7. The van der Waals surface area contributed by atoms with E-state index in [9.17, 15) is 30.0 Å². The maximum atomic E-state index is 16.9. The maximum Gasteiger partial charge on any atom is 0.190 e. The molecule has 1 aromatic rings. The van der Waals surface area contributed by atoms with Gasteiger partial charge in [0.05, 0.1) is 6.10 Å². The predicted molar refractivity (Wildman–Crippen MR) is 234 cm³/mol. The van der Waals surface area contributed by atoms with Crippen molar-refractivity contribution in [2.24, 2.45) is 46.3 Å². The SMILES string of the molecule is C[C@H]1C[C@H]2[C@@H]3CCC4=CC(=O)C=C[C@]4(C)[C@@]3(F)[C@@H](O)C[C@]2(C)[C@@]1(O)C(=O)CO.Cc1c(C)c2c(c(C)c1O)CC[C@@](C)(CCC[C@H](C)CCC[C@H](C)CCCC(C)C)O2. The van der Waals surface area contributed by atoms with Crippen molar-refractivity contribution < 1.29 is 39.1 Å². The van der Waals surface area contributed by atoms with Crippen molar-refractivity contribution >= 4 is 11.6 Å². The number of ether oxygens (including phenoxy) is 1. The number of carbonyl (C=O) groups excluding carboxylic acids is 2. The molecule has 3 fully saturated rings. The van der Waals surface area contributed by atoms with Crippen molar-refractivity contribution in [3.63, 3.8) is 0 Å². The van der Waals surface area contributed by atoms with Gasteiger partial charge in [-0.15, -0.1) is 0 Å². The van der Waals surface area contributed by atoms with Crippen LogP contribution < -0.4 is 4.74 Å². The van der Waals surface area contributed by atoms with Gasteiger partial charge in [0.2, 0.25) is 0 Å². The highest BCUT2D eigenvalue weighted by molar-refractivity contribution is 6.01. The Kier molecular flexibility index (Phi) is 14.5. The lowest BCUT2D eigenvalue weighted by Crippen LogP contribution is -2.69. The molecule has 1 heterocycles. The van der Waals surface area contributed by atoms with Crippen molar-refractivity contribution in [2.45, 2.75) is 195 Å². The molecule has 4 aliphatic carbocycles. The number of rotatable bonds is 14. The Balaban J connectivity index is 0.000000225. The van der Waals surface area contributed by atoms with Crippen LogP contribution in [-0.2, 0) is 16.0 Å². The van der Waals surface area contributed by atoms with Crippen LogP contribution in [0.25, 0.3) is 0 Å². The van der Waals surface area contributed by atoms with Gasteiger partial charge in [-0.3, -0.25) is 9.59 Å². The smallest absolute Gasteiger partial charge is 0.190 e. The van der Waals surface area contributed by atoms with Crippen LogP contribution in [0.2, 0.25) is 0 Å². The first-order chi connectivity index (χ1) is 27.5. The van der Waals surface area contributed by atoms with E-state index >= 15 is 4.39 Å². The Morgan fingerprint density at radius 1 is 0.915 bits per heavy atom. The van der Waals surface area contributed by atoms with Gasteiger partial charge in [0, 0.05) is 22.3 Å². The average Bonchev–Trinajstić information content (AvgIpc) is 3.38. The third kappa shape index (κ3) is 8.63. The molecule has 4 N–H and O–H groups in total. The fourth-order valence-corrected chi connectivity index (χ4v) is 12.5. The topological polar surface area (TPSA) is 124 Å². The Bertz CT molecular complexity index is 1770. The van der Waals surface area contributed by atoms with Crippen LogP contribution in [0.1, 0.15) is 168 Å². The van der Waals surface area contributed by atoms with Crippen LogP contribution in [0.15, 0.2) is 23.8 Å². The molecule has 0 bridgehead atoms. The first-order valence-electron chi connectivity index (χ1n) is 23.2. The summed E-state index contributed by atoms with van der Waals surface area (Å²) in [4.78, 5) is 24.4. The molecule has 1 aromatic carbocycles. The zero-order valence-corrected chi connectivity index (χ0v) is 38.5. The fraction of sp³-hybridized carbons (Fsp3) is 0.765. The van der Waals surface area contributed by atoms with Crippen molar-refractivity contribution in [1.29, 1.82) is 0 Å². The Morgan fingerprint density at radius 2 is 1.53 bits per heavy atom. The maximum absolute atomic E-state index is 16.9. The van der Waals surface area contributed by atoms with E-state index in [-0.39, 0.29) is 23.7 Å². The quantitative estimate of drug-likeness (QED) is 0.147. The van der Waals surface area contributed by atoms with Crippen LogP contribution >= 0.6 is 0 Å². The number of aliphatic hydroxyl groups excluding tert-OH is 2. The summed E-state index contributed by atoms with van der Waals surface area (Å²) in [6.07, 6.45) is 18.5. The van der Waals surface area contributed by atoms with E-state index < -0.39 is 52.4 Å². The number of fused-ring (bicyclic) bond motifs is 6. The lowest BCUT2D eigenvalue weighted by Gasteiger charge is -2.62. The van der Waals surface area contributed by atoms with Gasteiger partial charge in [0.25, 0.3) is 0 Å². The van der Waals surface area contributed by atoms with Crippen LogP contribution in [-0.4, -0.2) is 61.6 Å². The number of hydrogen-bond acceptors (Lipinski definition) is 7. The highest BCUT2D eigenvalue weighted by Gasteiger charge is 2.75. The van der Waals surface area contributed by atoms with Gasteiger partial charge in [-0.25, -0.2) is 4.39 Å². The van der Waals surface area contributed by atoms with Gasteiger partial charge in [-0.1, -0.05) is 98.1 Å². The zero-order valence-electron chi connectivity index (χ0n) is 38.5. The minimum atomic E-state index is -1.98. The molecule has 0 saturated heterocycles. The molecule has 11 atom stereocenters. The highest BCUT2D eigenvalue weighted by atomic mass is 19.1. The minimum absolute atomic E-state index is 0.0676. The minimum Gasteiger partial charge on any atom is -0.507 e. The lowest BCUT2D eigenvalue weighted by atomic mass is 9.44. The molecule has 0 radical (unpaired) electrons. The summed E-state index contributed by atoms with van der Waals surface area (Å²) in [5, 5.41) is 42.4. The van der Waals surface area contributed by atoms with E-state index in [1.807, 2.05) is 13.8 Å². The van der Waals surface area contributed by atoms with Crippen LogP contribution in [0.5, 0.6) is 11.5 Å². The van der Waals surface area contributed by atoms with Crippen molar-refractivity contribution in [3.05, 3.63) is 46.1 Å². The molecule has 0 amide bonds. The van der Waals surface area contributed by atoms with E-state index in [2.05, 4.69) is 41.5 Å². The monoisotopic (exact) mass is 823 g/mol. The largest absolute Gasteiger partial charge is 0.507 e. The zero-order chi connectivity index (χ0) is 43.9. The molecular formula is C51H79FO7. The number of phenols is 1. The van der Waals surface area contributed by atoms with E-state index in [0.717, 1.165) is 59.5 Å². The first kappa shape index (κ1) is 47.5. The molecule has 8 heteroatoms. The van der Waals surface area contributed by atoms with Gasteiger partial charge in [0.1, 0.15) is 29.3 Å². The molecule has 7 nitrogen and oxygen atoms in total. The van der Waals surface area contributed by atoms with Gasteiger partial charge in [-0.2, -0.15) is 0 Å². The summed E-state index contributed by atoms with van der Waals surface area (Å²) in [5.74, 6) is 1.92. The molecule has 5 aliphatic rings.